The third-order valence-electron chi connectivity index (χ3n) is 4.31. The van der Waals surface area contributed by atoms with E-state index >= 15 is 0 Å². The maximum absolute atomic E-state index is 11.4. The van der Waals surface area contributed by atoms with Gasteiger partial charge < -0.3 is 35.0 Å². The minimum absolute atomic E-state index is 0.0831. The standard InChI is InChI=1S/C22H14O11.C3H8/c23-16-2-1-3-17(32-10-4-6-12(19(24)25)14(8-10)21(28)29)18(16)33-11-5-7-13(20(26)27)15(9-11)22(30)31;1-3-2/h1-9,23H,(H,24,25)(H,26,27)(H,28,29)(H,30,31);3H2,1-2H3. The van der Waals surface area contributed by atoms with E-state index in [1.807, 2.05) is 0 Å². The summed E-state index contributed by atoms with van der Waals surface area (Å²) in [5.74, 6) is -6.94. The zero-order chi connectivity index (χ0) is 27.0. The number of hydrogen-bond acceptors (Lipinski definition) is 7. The molecule has 11 heteroatoms. The van der Waals surface area contributed by atoms with Gasteiger partial charge in [0.25, 0.3) is 0 Å². The Labute approximate surface area is 204 Å². The molecule has 3 aromatic carbocycles. The van der Waals surface area contributed by atoms with Gasteiger partial charge in [0, 0.05) is 0 Å². The quantitative estimate of drug-likeness (QED) is 0.275. The summed E-state index contributed by atoms with van der Waals surface area (Å²) in [5, 5.41) is 47.0. The Morgan fingerprint density at radius 3 is 1.47 bits per heavy atom. The Kier molecular flexibility index (Phi) is 8.97. The Balaban J connectivity index is 0.00000145. The van der Waals surface area contributed by atoms with Gasteiger partial charge in [-0.25, -0.2) is 19.2 Å². The second-order valence-electron chi connectivity index (χ2n) is 7.15. The summed E-state index contributed by atoms with van der Waals surface area (Å²) in [6.07, 6.45) is 1.25. The number of carbonyl (C=O) groups is 4. The molecule has 0 saturated carbocycles. The van der Waals surface area contributed by atoms with E-state index in [-0.39, 0.29) is 23.0 Å². The highest BCUT2D eigenvalue weighted by atomic mass is 16.5. The first-order valence-corrected chi connectivity index (χ1v) is 10.4. The van der Waals surface area contributed by atoms with Crippen molar-refractivity contribution >= 4 is 23.9 Å². The molecular weight excluding hydrogens is 476 g/mol. The van der Waals surface area contributed by atoms with E-state index in [1.54, 1.807) is 0 Å². The molecular formula is C25H22O11. The highest BCUT2D eigenvalue weighted by Gasteiger charge is 2.21. The van der Waals surface area contributed by atoms with Crippen LogP contribution in [0.5, 0.6) is 28.7 Å². The lowest BCUT2D eigenvalue weighted by Crippen LogP contribution is -2.08. The summed E-state index contributed by atoms with van der Waals surface area (Å²) in [6.45, 7) is 4.25. The average Bonchev–Trinajstić information content (AvgIpc) is 2.81. The maximum atomic E-state index is 11.4. The number of phenolic OH excluding ortho intramolecular Hbond substituents is 1. The summed E-state index contributed by atoms with van der Waals surface area (Å²) in [5.41, 5.74) is -2.00. The number of carboxylic acids is 4. The molecule has 3 aromatic rings. The molecule has 0 radical (unpaired) electrons. The van der Waals surface area contributed by atoms with E-state index < -0.39 is 51.9 Å². The van der Waals surface area contributed by atoms with Gasteiger partial charge in [0.05, 0.1) is 22.3 Å². The van der Waals surface area contributed by atoms with Crippen molar-refractivity contribution in [2.24, 2.45) is 0 Å². The van der Waals surface area contributed by atoms with Crippen molar-refractivity contribution < 1.29 is 54.2 Å². The Morgan fingerprint density at radius 1 is 0.639 bits per heavy atom. The van der Waals surface area contributed by atoms with Crippen LogP contribution in [0.3, 0.4) is 0 Å². The molecule has 0 heterocycles. The Bertz CT molecular complexity index is 1310. The van der Waals surface area contributed by atoms with Crippen LogP contribution in [0.4, 0.5) is 0 Å². The van der Waals surface area contributed by atoms with Crippen LogP contribution in [0.2, 0.25) is 0 Å². The lowest BCUT2D eigenvalue weighted by molar-refractivity contribution is 0.0651. The molecule has 5 N–H and O–H groups in total. The molecule has 0 aromatic heterocycles. The molecule has 0 atom stereocenters. The molecule has 0 amide bonds. The lowest BCUT2D eigenvalue weighted by Gasteiger charge is -2.15. The lowest BCUT2D eigenvalue weighted by atomic mass is 10.1. The molecule has 0 aliphatic rings. The number of aromatic hydroxyl groups is 1. The van der Waals surface area contributed by atoms with Gasteiger partial charge in [0.15, 0.2) is 11.5 Å². The predicted molar refractivity (Wildman–Crippen MR) is 125 cm³/mol. The SMILES string of the molecule is CCC.O=C(O)c1ccc(Oc2cccc(O)c2Oc2ccc(C(=O)O)c(C(=O)O)c2)cc1C(=O)O. The van der Waals surface area contributed by atoms with E-state index in [9.17, 15) is 34.5 Å². The van der Waals surface area contributed by atoms with Crippen LogP contribution in [0, 0.1) is 0 Å². The molecule has 0 spiro atoms. The number of para-hydroxylation sites is 1. The molecule has 0 aliphatic heterocycles. The molecule has 36 heavy (non-hydrogen) atoms. The number of phenols is 1. The van der Waals surface area contributed by atoms with Crippen molar-refractivity contribution in [1.82, 2.24) is 0 Å². The maximum Gasteiger partial charge on any atom is 0.336 e. The van der Waals surface area contributed by atoms with E-state index in [0.717, 1.165) is 24.3 Å². The fourth-order valence-electron chi connectivity index (χ4n) is 2.83. The van der Waals surface area contributed by atoms with Crippen LogP contribution < -0.4 is 9.47 Å². The summed E-state index contributed by atoms with van der Waals surface area (Å²) in [6, 6.07) is 10.3. The van der Waals surface area contributed by atoms with E-state index in [2.05, 4.69) is 13.8 Å². The molecule has 0 fully saturated rings. The van der Waals surface area contributed by atoms with Gasteiger partial charge in [0.1, 0.15) is 11.5 Å². The van der Waals surface area contributed by atoms with Crippen LogP contribution in [0.1, 0.15) is 61.7 Å². The Morgan fingerprint density at radius 2 is 1.06 bits per heavy atom. The highest BCUT2D eigenvalue weighted by Crippen LogP contribution is 2.42. The summed E-state index contributed by atoms with van der Waals surface area (Å²) in [4.78, 5) is 45.2. The minimum atomic E-state index is -1.51. The van der Waals surface area contributed by atoms with E-state index in [4.69, 9.17) is 19.7 Å². The molecule has 0 bridgehead atoms. The summed E-state index contributed by atoms with van der Waals surface area (Å²) < 4.78 is 11.1. The third-order valence-corrected chi connectivity index (χ3v) is 4.31. The molecule has 0 unspecified atom stereocenters. The van der Waals surface area contributed by atoms with E-state index in [0.29, 0.717) is 0 Å². The number of carboxylic acid groups (broad SMARTS) is 4. The minimum Gasteiger partial charge on any atom is -0.504 e. The summed E-state index contributed by atoms with van der Waals surface area (Å²) in [7, 11) is 0. The fraction of sp³-hybridized carbons (Fsp3) is 0.120. The smallest absolute Gasteiger partial charge is 0.336 e. The first-order valence-electron chi connectivity index (χ1n) is 10.4. The van der Waals surface area contributed by atoms with Crippen LogP contribution in [-0.4, -0.2) is 49.4 Å². The van der Waals surface area contributed by atoms with Crippen molar-refractivity contribution in [3.63, 3.8) is 0 Å². The van der Waals surface area contributed by atoms with Crippen LogP contribution in [0.15, 0.2) is 54.6 Å². The first kappa shape index (κ1) is 27.2. The molecule has 0 saturated heterocycles. The molecule has 3 rings (SSSR count). The van der Waals surface area contributed by atoms with Gasteiger partial charge in [-0.3, -0.25) is 0 Å². The highest BCUT2D eigenvalue weighted by molar-refractivity contribution is 6.02. The summed E-state index contributed by atoms with van der Waals surface area (Å²) >= 11 is 0. The monoisotopic (exact) mass is 498 g/mol. The van der Waals surface area contributed by atoms with Crippen LogP contribution >= 0.6 is 0 Å². The number of rotatable bonds is 8. The van der Waals surface area contributed by atoms with E-state index in [1.165, 1.54) is 36.8 Å². The van der Waals surface area contributed by atoms with Gasteiger partial charge in [-0.15, -0.1) is 0 Å². The van der Waals surface area contributed by atoms with Crippen molar-refractivity contribution in [3.05, 3.63) is 76.9 Å². The van der Waals surface area contributed by atoms with Crippen molar-refractivity contribution in [1.29, 1.82) is 0 Å². The predicted octanol–water partition coefficient (Wildman–Crippen LogP) is 5.19. The van der Waals surface area contributed by atoms with Crippen LogP contribution in [-0.2, 0) is 0 Å². The largest absolute Gasteiger partial charge is 0.504 e. The van der Waals surface area contributed by atoms with Gasteiger partial charge in [-0.2, -0.15) is 0 Å². The second-order valence-corrected chi connectivity index (χ2v) is 7.15. The third kappa shape index (κ3) is 6.50. The van der Waals surface area contributed by atoms with Gasteiger partial charge >= 0.3 is 23.9 Å². The second kappa shape index (κ2) is 11.9. The number of aromatic carboxylic acids is 4. The van der Waals surface area contributed by atoms with Gasteiger partial charge in [-0.05, 0) is 48.5 Å². The Hall–Kier alpha value is -5.06. The normalized spacial score (nSPS) is 9.94. The van der Waals surface area contributed by atoms with Crippen LogP contribution in [0.25, 0.3) is 0 Å². The first-order chi connectivity index (χ1) is 17.0. The van der Waals surface area contributed by atoms with Gasteiger partial charge in [-0.1, -0.05) is 26.3 Å². The zero-order valence-electron chi connectivity index (χ0n) is 19.1. The van der Waals surface area contributed by atoms with Gasteiger partial charge in [0.2, 0.25) is 5.75 Å². The average molecular weight is 498 g/mol. The molecule has 0 aliphatic carbocycles. The number of hydrogen-bond donors (Lipinski definition) is 5. The fourth-order valence-corrected chi connectivity index (χ4v) is 2.83. The van der Waals surface area contributed by atoms with Crippen molar-refractivity contribution in [2.45, 2.75) is 20.3 Å². The topological polar surface area (TPSA) is 188 Å². The zero-order valence-corrected chi connectivity index (χ0v) is 19.1. The van der Waals surface area contributed by atoms with Crippen molar-refractivity contribution in [3.8, 4) is 28.7 Å². The van der Waals surface area contributed by atoms with Crippen molar-refractivity contribution in [2.75, 3.05) is 0 Å². The molecule has 188 valence electrons. The number of benzene rings is 3. The number of ether oxygens (including phenoxy) is 2. The molecule has 11 nitrogen and oxygen atoms in total.